The normalized spacial score (nSPS) is 12.6. The molecule has 1 N–H and O–H groups in total. The molecular formula is C11H14F3N5OS2. The molecule has 0 amide bonds. The van der Waals surface area contributed by atoms with E-state index < -0.39 is 12.7 Å². The van der Waals surface area contributed by atoms with E-state index in [0.717, 1.165) is 11.3 Å². The molecule has 0 aromatic carbocycles. The maximum atomic E-state index is 12.1. The number of nitrogens with one attached hydrogen (secondary N) is 1. The predicted molar refractivity (Wildman–Crippen MR) is 77.0 cm³/mol. The first-order valence-corrected chi connectivity index (χ1v) is 8.04. The van der Waals surface area contributed by atoms with Crippen molar-refractivity contribution < 1.29 is 17.7 Å². The van der Waals surface area contributed by atoms with Gasteiger partial charge in [0.25, 0.3) is 0 Å². The number of anilines is 1. The van der Waals surface area contributed by atoms with Crippen LogP contribution in [0.2, 0.25) is 0 Å². The third-order valence-electron chi connectivity index (χ3n) is 2.30. The van der Waals surface area contributed by atoms with Crippen LogP contribution in [0.25, 0.3) is 0 Å². The largest absolute Gasteiger partial charge is 0.405 e. The fourth-order valence-electron chi connectivity index (χ4n) is 1.26. The second-order valence-corrected chi connectivity index (χ2v) is 7.59. The van der Waals surface area contributed by atoms with Gasteiger partial charge < -0.3 is 9.84 Å². The molecule has 2 rings (SSSR count). The molecule has 2 aromatic heterocycles. The van der Waals surface area contributed by atoms with Gasteiger partial charge in [-0.25, -0.2) is 0 Å². The van der Waals surface area contributed by atoms with E-state index in [1.54, 1.807) is 0 Å². The van der Waals surface area contributed by atoms with Crippen LogP contribution < -0.4 is 5.32 Å². The number of hydrogen-bond acceptors (Lipinski definition) is 8. The Hall–Kier alpha value is -1.36. The summed E-state index contributed by atoms with van der Waals surface area (Å²) >= 11 is 2.32. The van der Waals surface area contributed by atoms with Crippen LogP contribution in [-0.2, 0) is 11.2 Å². The van der Waals surface area contributed by atoms with E-state index in [0.29, 0.717) is 21.8 Å². The highest BCUT2D eigenvalue weighted by Crippen LogP contribution is 2.29. The van der Waals surface area contributed by atoms with Crippen molar-refractivity contribution >= 4 is 28.2 Å². The molecule has 0 aliphatic carbocycles. The standard InChI is InChI=1S/C11H14F3N5OS2/c1-10(2,3)7-16-6(20-19-7)4-21-9-18-17-8(22-9)15-5-11(12,13)14/h4-5H2,1-3H3,(H,15,17). The zero-order chi connectivity index (χ0) is 16.4. The fourth-order valence-corrected chi connectivity index (χ4v) is 2.84. The van der Waals surface area contributed by atoms with Gasteiger partial charge in [-0.2, -0.15) is 18.2 Å². The van der Waals surface area contributed by atoms with Gasteiger partial charge in [-0.05, 0) is 0 Å². The summed E-state index contributed by atoms with van der Waals surface area (Å²) in [6.45, 7) is 4.78. The van der Waals surface area contributed by atoms with Gasteiger partial charge in [-0.3, -0.25) is 0 Å². The Labute approximate surface area is 132 Å². The first-order chi connectivity index (χ1) is 10.1. The number of aromatic nitrogens is 4. The molecule has 0 radical (unpaired) electrons. The predicted octanol–water partition coefficient (Wildman–Crippen LogP) is 3.49. The maximum absolute atomic E-state index is 12.1. The van der Waals surface area contributed by atoms with Crippen molar-refractivity contribution in [2.75, 3.05) is 11.9 Å². The minimum Gasteiger partial charge on any atom is -0.351 e. The van der Waals surface area contributed by atoms with Crippen LogP contribution in [0.5, 0.6) is 0 Å². The zero-order valence-corrected chi connectivity index (χ0v) is 13.7. The topological polar surface area (TPSA) is 76.7 Å². The molecule has 22 heavy (non-hydrogen) atoms. The number of rotatable bonds is 5. The van der Waals surface area contributed by atoms with Gasteiger partial charge in [-0.1, -0.05) is 49.0 Å². The third kappa shape index (κ3) is 5.13. The van der Waals surface area contributed by atoms with Gasteiger partial charge in [0.2, 0.25) is 11.0 Å². The minimum atomic E-state index is -4.29. The molecule has 0 spiro atoms. The quantitative estimate of drug-likeness (QED) is 0.825. The molecule has 2 heterocycles. The molecule has 11 heteroatoms. The van der Waals surface area contributed by atoms with Crippen LogP contribution in [-0.4, -0.2) is 33.1 Å². The second kappa shape index (κ2) is 6.41. The average molecular weight is 353 g/mol. The van der Waals surface area contributed by atoms with Crippen LogP contribution >= 0.6 is 23.1 Å². The first kappa shape index (κ1) is 17.0. The molecule has 0 saturated carbocycles. The number of halogens is 3. The molecule has 0 aliphatic heterocycles. The molecular weight excluding hydrogens is 339 g/mol. The molecule has 0 aliphatic rings. The van der Waals surface area contributed by atoms with Crippen LogP contribution in [0.4, 0.5) is 18.3 Å². The molecule has 0 unspecified atom stereocenters. The summed E-state index contributed by atoms with van der Waals surface area (Å²) in [4.78, 5) is 4.27. The molecule has 0 atom stereocenters. The lowest BCUT2D eigenvalue weighted by Gasteiger charge is -2.10. The highest BCUT2D eigenvalue weighted by Gasteiger charge is 2.27. The lowest BCUT2D eigenvalue weighted by atomic mass is 9.96. The second-order valence-electron chi connectivity index (χ2n) is 5.39. The molecule has 0 saturated heterocycles. The Balaban J connectivity index is 1.87. The lowest BCUT2D eigenvalue weighted by molar-refractivity contribution is -0.115. The SMILES string of the molecule is CC(C)(C)c1noc(CSc2nnc(NCC(F)(F)F)s2)n1. The van der Waals surface area contributed by atoms with Crippen molar-refractivity contribution in [3.63, 3.8) is 0 Å². The van der Waals surface area contributed by atoms with Crippen molar-refractivity contribution in [2.45, 2.75) is 42.5 Å². The summed E-state index contributed by atoms with van der Waals surface area (Å²) in [5, 5.41) is 13.6. The summed E-state index contributed by atoms with van der Waals surface area (Å²) in [7, 11) is 0. The number of alkyl halides is 3. The summed E-state index contributed by atoms with van der Waals surface area (Å²) < 4.78 is 41.9. The Morgan fingerprint density at radius 3 is 2.55 bits per heavy atom. The molecule has 0 fully saturated rings. The van der Waals surface area contributed by atoms with E-state index in [-0.39, 0.29) is 10.5 Å². The smallest absolute Gasteiger partial charge is 0.351 e. The first-order valence-electron chi connectivity index (χ1n) is 6.23. The van der Waals surface area contributed by atoms with Gasteiger partial charge in [0.15, 0.2) is 10.2 Å². The number of thioether (sulfide) groups is 1. The van der Waals surface area contributed by atoms with E-state index in [1.165, 1.54) is 11.8 Å². The fraction of sp³-hybridized carbons (Fsp3) is 0.636. The summed E-state index contributed by atoms with van der Waals surface area (Å²) in [5.74, 6) is 1.43. The van der Waals surface area contributed by atoms with E-state index >= 15 is 0 Å². The average Bonchev–Trinajstić information content (AvgIpc) is 3.02. The molecule has 6 nitrogen and oxygen atoms in total. The Morgan fingerprint density at radius 1 is 1.23 bits per heavy atom. The summed E-state index contributed by atoms with van der Waals surface area (Å²) in [6, 6.07) is 0. The van der Waals surface area contributed by atoms with Crippen molar-refractivity contribution in [3.05, 3.63) is 11.7 Å². The van der Waals surface area contributed by atoms with Gasteiger partial charge in [0, 0.05) is 5.41 Å². The monoisotopic (exact) mass is 353 g/mol. The van der Waals surface area contributed by atoms with Crippen molar-refractivity contribution in [2.24, 2.45) is 0 Å². The van der Waals surface area contributed by atoms with Crippen molar-refractivity contribution in [1.82, 2.24) is 20.3 Å². The third-order valence-corrected chi connectivity index (χ3v) is 4.30. The number of hydrogen-bond donors (Lipinski definition) is 1. The minimum absolute atomic E-state index is 0.126. The van der Waals surface area contributed by atoms with Gasteiger partial charge in [0.05, 0.1) is 5.75 Å². The highest BCUT2D eigenvalue weighted by molar-refractivity contribution is 8.00. The van der Waals surface area contributed by atoms with Crippen molar-refractivity contribution in [3.8, 4) is 0 Å². The molecule has 2 aromatic rings. The molecule has 0 bridgehead atoms. The van der Waals surface area contributed by atoms with Gasteiger partial charge in [-0.15, -0.1) is 10.2 Å². The van der Waals surface area contributed by atoms with Crippen molar-refractivity contribution in [1.29, 1.82) is 0 Å². The summed E-state index contributed by atoms with van der Waals surface area (Å²) in [6.07, 6.45) is -4.29. The Kier molecular flexibility index (Phi) is 4.95. The van der Waals surface area contributed by atoms with E-state index in [2.05, 4.69) is 25.7 Å². The number of nitrogens with zero attached hydrogens (tertiary/aromatic N) is 4. The molecule has 122 valence electrons. The van der Waals surface area contributed by atoms with Crippen LogP contribution in [0.15, 0.2) is 8.86 Å². The van der Waals surface area contributed by atoms with E-state index in [9.17, 15) is 13.2 Å². The van der Waals surface area contributed by atoms with E-state index in [4.69, 9.17) is 4.52 Å². The van der Waals surface area contributed by atoms with Gasteiger partial charge >= 0.3 is 6.18 Å². The maximum Gasteiger partial charge on any atom is 0.405 e. The lowest BCUT2D eigenvalue weighted by Crippen LogP contribution is -2.21. The van der Waals surface area contributed by atoms with Crippen LogP contribution in [0, 0.1) is 0 Å². The van der Waals surface area contributed by atoms with Gasteiger partial charge in [0.1, 0.15) is 6.54 Å². The van der Waals surface area contributed by atoms with Crippen LogP contribution in [0.3, 0.4) is 0 Å². The van der Waals surface area contributed by atoms with Crippen LogP contribution in [0.1, 0.15) is 32.5 Å². The summed E-state index contributed by atoms with van der Waals surface area (Å²) in [5.41, 5.74) is -0.205. The Morgan fingerprint density at radius 2 is 1.95 bits per heavy atom. The van der Waals surface area contributed by atoms with E-state index in [1.807, 2.05) is 20.8 Å². The zero-order valence-electron chi connectivity index (χ0n) is 12.1. The Bertz CT molecular complexity index is 620. The highest BCUT2D eigenvalue weighted by atomic mass is 32.2.